The molecule has 150 valence electrons. The molecule has 0 saturated carbocycles. The minimum Gasteiger partial charge on any atom is -0.315 e. The third-order valence-electron chi connectivity index (χ3n) is 5.34. The number of benzene rings is 3. The zero-order chi connectivity index (χ0) is 21.3. The van der Waals surface area contributed by atoms with E-state index in [9.17, 15) is 14.4 Å². The van der Waals surface area contributed by atoms with Gasteiger partial charge in [-0.05, 0) is 30.2 Å². The smallest absolute Gasteiger partial charge is 0.315 e. The highest BCUT2D eigenvalue weighted by Gasteiger charge is 2.55. The van der Waals surface area contributed by atoms with Crippen molar-refractivity contribution in [2.45, 2.75) is 18.5 Å². The largest absolute Gasteiger partial charge is 0.326 e. The Labute approximate surface area is 179 Å². The van der Waals surface area contributed by atoms with Crippen molar-refractivity contribution < 1.29 is 14.4 Å². The molecule has 0 aliphatic carbocycles. The summed E-state index contributed by atoms with van der Waals surface area (Å²) in [6.45, 7) is 1.55. The summed E-state index contributed by atoms with van der Waals surface area (Å²) in [5.74, 6) is -0.856. The highest BCUT2D eigenvalue weighted by atomic mass is 35.5. The van der Waals surface area contributed by atoms with E-state index in [0.717, 1.165) is 4.90 Å². The van der Waals surface area contributed by atoms with Gasteiger partial charge in [-0.15, -0.1) is 0 Å². The van der Waals surface area contributed by atoms with Crippen molar-refractivity contribution in [2.75, 3.05) is 0 Å². The number of Topliss-reactive ketones (excluding diaryl/α,β-unsaturated/α-hetero) is 1. The molecule has 1 aliphatic heterocycles. The van der Waals surface area contributed by atoms with Crippen molar-refractivity contribution >= 4 is 29.3 Å². The number of amides is 3. The first-order chi connectivity index (χ1) is 14.4. The van der Waals surface area contributed by atoms with Crippen LogP contribution in [0.15, 0.2) is 84.9 Å². The number of rotatable bonds is 5. The molecule has 1 fully saturated rings. The van der Waals surface area contributed by atoms with Crippen LogP contribution < -0.4 is 5.32 Å². The lowest BCUT2D eigenvalue weighted by atomic mass is 9.82. The van der Waals surface area contributed by atoms with Crippen LogP contribution in [0, 0.1) is 0 Å². The minimum atomic E-state index is -1.40. The van der Waals surface area contributed by atoms with Crippen LogP contribution in [-0.4, -0.2) is 28.7 Å². The van der Waals surface area contributed by atoms with Gasteiger partial charge in [0.1, 0.15) is 6.04 Å². The summed E-state index contributed by atoms with van der Waals surface area (Å²) in [6, 6.07) is 22.9. The quantitative estimate of drug-likeness (QED) is 0.493. The van der Waals surface area contributed by atoms with Gasteiger partial charge in [0, 0.05) is 10.6 Å². The molecule has 3 aromatic rings. The van der Waals surface area contributed by atoms with Crippen LogP contribution in [0.5, 0.6) is 0 Å². The third kappa shape index (κ3) is 3.17. The summed E-state index contributed by atoms with van der Waals surface area (Å²) in [5.41, 5.74) is 0.189. The molecule has 3 amide bonds. The molecule has 5 nitrogen and oxygen atoms in total. The number of nitrogens with zero attached hydrogens (tertiary/aromatic N) is 1. The molecule has 0 spiro atoms. The summed E-state index contributed by atoms with van der Waals surface area (Å²) < 4.78 is 0. The number of nitrogens with one attached hydrogen (secondary N) is 1. The number of imide groups is 1. The first-order valence-electron chi connectivity index (χ1n) is 9.52. The van der Waals surface area contributed by atoms with Gasteiger partial charge in [0.25, 0.3) is 5.91 Å². The molecule has 30 heavy (non-hydrogen) atoms. The number of hydrogen-bond acceptors (Lipinski definition) is 3. The zero-order valence-electron chi connectivity index (χ0n) is 16.2. The van der Waals surface area contributed by atoms with Crippen LogP contribution in [0.3, 0.4) is 0 Å². The maximum Gasteiger partial charge on any atom is 0.326 e. The highest BCUT2D eigenvalue weighted by Crippen LogP contribution is 2.37. The highest BCUT2D eigenvalue weighted by molar-refractivity contribution is 6.31. The third-order valence-corrected chi connectivity index (χ3v) is 5.58. The second kappa shape index (κ2) is 7.76. The van der Waals surface area contributed by atoms with Gasteiger partial charge in [-0.1, -0.05) is 84.4 Å². The molecule has 4 rings (SSSR count). The fraction of sp³-hybridized carbons (Fsp3) is 0.125. The van der Waals surface area contributed by atoms with E-state index in [1.165, 1.54) is 6.07 Å². The molecule has 1 atom stereocenters. The molecule has 0 aromatic heterocycles. The van der Waals surface area contributed by atoms with E-state index >= 15 is 0 Å². The van der Waals surface area contributed by atoms with E-state index in [0.29, 0.717) is 21.7 Å². The summed E-state index contributed by atoms with van der Waals surface area (Å²) in [7, 11) is 0. The van der Waals surface area contributed by atoms with Crippen molar-refractivity contribution in [3.63, 3.8) is 0 Å². The molecule has 0 unspecified atom stereocenters. The van der Waals surface area contributed by atoms with Gasteiger partial charge in [0.15, 0.2) is 11.3 Å². The fourth-order valence-electron chi connectivity index (χ4n) is 3.83. The van der Waals surface area contributed by atoms with E-state index < -0.39 is 23.5 Å². The molecule has 1 heterocycles. The topological polar surface area (TPSA) is 66.5 Å². The first kappa shape index (κ1) is 19.9. The van der Waals surface area contributed by atoms with Crippen LogP contribution in [0.1, 0.15) is 28.4 Å². The number of carbonyl (C=O) groups is 3. The van der Waals surface area contributed by atoms with Gasteiger partial charge >= 0.3 is 6.03 Å². The van der Waals surface area contributed by atoms with Crippen LogP contribution in [0.25, 0.3) is 0 Å². The van der Waals surface area contributed by atoms with Gasteiger partial charge in [-0.25, -0.2) is 4.79 Å². The fourth-order valence-corrected chi connectivity index (χ4v) is 4.02. The van der Waals surface area contributed by atoms with E-state index in [2.05, 4.69) is 5.32 Å². The molecule has 0 bridgehead atoms. The average molecular weight is 419 g/mol. The van der Waals surface area contributed by atoms with Crippen molar-refractivity contribution in [1.82, 2.24) is 10.2 Å². The predicted molar refractivity (Wildman–Crippen MR) is 114 cm³/mol. The van der Waals surface area contributed by atoms with Crippen LogP contribution in [0.4, 0.5) is 4.79 Å². The number of urea groups is 1. The Kier molecular flexibility index (Phi) is 5.14. The van der Waals surface area contributed by atoms with E-state index in [4.69, 9.17) is 11.6 Å². The van der Waals surface area contributed by atoms with Gasteiger partial charge in [-0.3, -0.25) is 14.5 Å². The van der Waals surface area contributed by atoms with E-state index in [-0.39, 0.29) is 5.78 Å². The number of carbonyl (C=O) groups excluding carboxylic acids is 3. The van der Waals surface area contributed by atoms with Gasteiger partial charge < -0.3 is 5.32 Å². The summed E-state index contributed by atoms with van der Waals surface area (Å²) in [6.07, 6.45) is 0. The van der Waals surface area contributed by atoms with Gasteiger partial charge in [0.05, 0.1) is 0 Å². The second-order valence-corrected chi connectivity index (χ2v) is 7.57. The van der Waals surface area contributed by atoms with Crippen molar-refractivity contribution in [2.24, 2.45) is 0 Å². The Morgan fingerprint density at radius 3 is 2.00 bits per heavy atom. The summed E-state index contributed by atoms with van der Waals surface area (Å²) in [4.78, 5) is 40.8. The molecular weight excluding hydrogens is 400 g/mol. The lowest BCUT2D eigenvalue weighted by Crippen LogP contribution is -2.47. The Bertz CT molecular complexity index is 1080. The van der Waals surface area contributed by atoms with Crippen LogP contribution in [-0.2, 0) is 10.3 Å². The maximum atomic E-state index is 13.7. The van der Waals surface area contributed by atoms with Gasteiger partial charge in [-0.2, -0.15) is 0 Å². The number of halogens is 1. The lowest BCUT2D eigenvalue weighted by Gasteiger charge is -2.29. The monoisotopic (exact) mass is 418 g/mol. The van der Waals surface area contributed by atoms with Crippen molar-refractivity contribution in [3.05, 3.63) is 107 Å². The SMILES string of the molecule is C[C@@H](C(=O)c1cccc(Cl)c1)N1C(=O)NC(c2ccccc2)(c2ccccc2)C1=O. The Hall–Kier alpha value is -3.44. The standard InChI is InChI=1S/C24H19ClN2O3/c1-16(21(28)17-9-8-14-20(25)15-17)27-22(29)24(26-23(27)30,18-10-4-2-5-11-18)19-12-6-3-7-13-19/h2-16H,1H3,(H,26,30)/t16-/m0/s1. The molecule has 1 aliphatic rings. The van der Waals surface area contributed by atoms with E-state index in [1.807, 2.05) is 36.4 Å². The first-order valence-corrected chi connectivity index (χ1v) is 9.89. The predicted octanol–water partition coefficient (Wildman–Crippen LogP) is 4.41. The number of hydrogen-bond donors (Lipinski definition) is 1. The Balaban J connectivity index is 1.78. The van der Waals surface area contributed by atoms with E-state index in [1.54, 1.807) is 49.4 Å². The molecular formula is C24H19ClN2O3. The Morgan fingerprint density at radius 1 is 0.900 bits per heavy atom. The van der Waals surface area contributed by atoms with Gasteiger partial charge in [0.2, 0.25) is 0 Å². The lowest BCUT2D eigenvalue weighted by molar-refractivity contribution is -0.131. The maximum absolute atomic E-state index is 13.7. The van der Waals surface area contributed by atoms with Crippen molar-refractivity contribution in [1.29, 1.82) is 0 Å². The summed E-state index contributed by atoms with van der Waals surface area (Å²) >= 11 is 6.00. The Morgan fingerprint density at radius 2 is 1.47 bits per heavy atom. The molecule has 1 N–H and O–H groups in total. The molecule has 1 saturated heterocycles. The molecule has 0 radical (unpaired) electrons. The minimum absolute atomic E-state index is 0.340. The molecule has 6 heteroatoms. The normalized spacial score (nSPS) is 16.3. The number of ketones is 1. The zero-order valence-corrected chi connectivity index (χ0v) is 17.0. The average Bonchev–Trinajstić information content (AvgIpc) is 3.05. The second-order valence-electron chi connectivity index (χ2n) is 7.14. The van der Waals surface area contributed by atoms with Crippen molar-refractivity contribution in [3.8, 4) is 0 Å². The van der Waals surface area contributed by atoms with Crippen LogP contribution >= 0.6 is 11.6 Å². The summed E-state index contributed by atoms with van der Waals surface area (Å²) in [5, 5.41) is 3.27. The van der Waals surface area contributed by atoms with Crippen LogP contribution in [0.2, 0.25) is 5.02 Å². The molecule has 3 aromatic carbocycles.